The summed E-state index contributed by atoms with van der Waals surface area (Å²) in [4.78, 5) is 33.9. The van der Waals surface area contributed by atoms with E-state index in [1.807, 2.05) is 0 Å². The Morgan fingerprint density at radius 2 is 1.33 bits per heavy atom. The zero-order chi connectivity index (χ0) is 14.5. The Kier molecular flexibility index (Phi) is 6.36. The summed E-state index contributed by atoms with van der Waals surface area (Å²) >= 11 is 0. The SMILES string of the molecule is CC(=O)NC(C(=O)NC(C(=O)O)C(C)C)C(C)C. The molecule has 0 heterocycles. The van der Waals surface area contributed by atoms with Gasteiger partial charge in [-0.25, -0.2) is 4.79 Å². The third-order valence-corrected chi connectivity index (χ3v) is 2.54. The number of amides is 2. The second-order valence-corrected chi connectivity index (χ2v) is 4.99. The maximum Gasteiger partial charge on any atom is 0.326 e. The van der Waals surface area contributed by atoms with Crippen LogP contribution in [0.2, 0.25) is 0 Å². The number of carboxylic acids is 1. The Bertz CT molecular complexity index is 326. The minimum atomic E-state index is -1.08. The van der Waals surface area contributed by atoms with Crippen LogP contribution in [0, 0.1) is 11.8 Å². The van der Waals surface area contributed by atoms with Crippen LogP contribution < -0.4 is 10.6 Å². The number of rotatable bonds is 6. The van der Waals surface area contributed by atoms with Crippen LogP contribution in [0.1, 0.15) is 34.6 Å². The van der Waals surface area contributed by atoms with Crippen LogP contribution in [-0.4, -0.2) is 35.0 Å². The van der Waals surface area contributed by atoms with E-state index in [0.717, 1.165) is 0 Å². The minimum absolute atomic E-state index is 0.115. The van der Waals surface area contributed by atoms with Crippen molar-refractivity contribution >= 4 is 17.8 Å². The van der Waals surface area contributed by atoms with Gasteiger partial charge < -0.3 is 15.7 Å². The molecule has 0 aliphatic heterocycles. The highest BCUT2D eigenvalue weighted by Crippen LogP contribution is 2.06. The van der Waals surface area contributed by atoms with Crippen LogP contribution >= 0.6 is 0 Å². The highest BCUT2D eigenvalue weighted by Gasteiger charge is 2.29. The molecule has 0 aliphatic carbocycles. The first-order valence-corrected chi connectivity index (χ1v) is 5.97. The first-order valence-electron chi connectivity index (χ1n) is 5.97. The van der Waals surface area contributed by atoms with Crippen molar-refractivity contribution in [1.82, 2.24) is 10.6 Å². The van der Waals surface area contributed by atoms with Crippen molar-refractivity contribution in [2.24, 2.45) is 11.8 Å². The van der Waals surface area contributed by atoms with E-state index in [0.29, 0.717) is 0 Å². The quantitative estimate of drug-likeness (QED) is 0.641. The average molecular weight is 258 g/mol. The molecule has 0 saturated heterocycles. The summed E-state index contributed by atoms with van der Waals surface area (Å²) in [5.41, 5.74) is 0. The summed E-state index contributed by atoms with van der Waals surface area (Å²) in [7, 11) is 0. The summed E-state index contributed by atoms with van der Waals surface area (Å²) in [5, 5.41) is 14.0. The van der Waals surface area contributed by atoms with Gasteiger partial charge >= 0.3 is 5.97 Å². The Morgan fingerprint density at radius 3 is 1.61 bits per heavy atom. The van der Waals surface area contributed by atoms with E-state index in [1.165, 1.54) is 6.92 Å². The van der Waals surface area contributed by atoms with Crippen molar-refractivity contribution in [2.75, 3.05) is 0 Å². The van der Waals surface area contributed by atoms with Crippen LogP contribution in [-0.2, 0) is 14.4 Å². The number of aliphatic carboxylic acids is 1. The molecule has 0 aliphatic rings. The van der Waals surface area contributed by atoms with Crippen molar-refractivity contribution in [3.63, 3.8) is 0 Å². The zero-order valence-corrected chi connectivity index (χ0v) is 11.5. The standard InChI is InChI=1S/C12H22N2O4/c1-6(2)9(13-8(5)15)11(16)14-10(7(3)4)12(17)18/h6-7,9-10H,1-5H3,(H,13,15)(H,14,16)(H,17,18). The van der Waals surface area contributed by atoms with E-state index >= 15 is 0 Å². The zero-order valence-electron chi connectivity index (χ0n) is 11.5. The molecule has 0 saturated carbocycles. The van der Waals surface area contributed by atoms with Crippen molar-refractivity contribution in [1.29, 1.82) is 0 Å². The Hall–Kier alpha value is -1.59. The van der Waals surface area contributed by atoms with Crippen LogP contribution in [0.4, 0.5) is 0 Å². The van der Waals surface area contributed by atoms with Crippen molar-refractivity contribution in [2.45, 2.75) is 46.7 Å². The highest BCUT2D eigenvalue weighted by molar-refractivity contribution is 5.90. The lowest BCUT2D eigenvalue weighted by molar-refractivity contribution is -0.143. The molecule has 0 bridgehead atoms. The van der Waals surface area contributed by atoms with Gasteiger partial charge in [0.05, 0.1) is 0 Å². The van der Waals surface area contributed by atoms with Crippen LogP contribution in [0.15, 0.2) is 0 Å². The average Bonchev–Trinajstić information content (AvgIpc) is 2.20. The fourth-order valence-electron chi connectivity index (χ4n) is 1.51. The molecule has 0 spiro atoms. The number of hydrogen-bond donors (Lipinski definition) is 3. The topological polar surface area (TPSA) is 95.5 Å². The molecule has 0 radical (unpaired) electrons. The maximum absolute atomic E-state index is 12.0. The number of nitrogens with one attached hydrogen (secondary N) is 2. The first kappa shape index (κ1) is 16.4. The molecule has 0 aromatic carbocycles. The number of carboxylic acid groups (broad SMARTS) is 1. The molecule has 2 amide bonds. The molecule has 3 N–H and O–H groups in total. The third kappa shape index (κ3) is 5.16. The molecule has 6 heteroatoms. The van der Waals surface area contributed by atoms with Crippen LogP contribution in [0.25, 0.3) is 0 Å². The molecule has 18 heavy (non-hydrogen) atoms. The summed E-state index contributed by atoms with van der Waals surface area (Å²) in [6.07, 6.45) is 0. The number of carbonyl (C=O) groups is 3. The van der Waals surface area contributed by atoms with Crippen LogP contribution in [0.3, 0.4) is 0 Å². The number of carbonyl (C=O) groups excluding carboxylic acids is 2. The van der Waals surface area contributed by atoms with E-state index in [9.17, 15) is 14.4 Å². The Morgan fingerprint density at radius 1 is 0.889 bits per heavy atom. The summed E-state index contributed by atoms with van der Waals surface area (Å²) < 4.78 is 0. The van der Waals surface area contributed by atoms with E-state index in [-0.39, 0.29) is 17.7 Å². The molecule has 2 unspecified atom stereocenters. The van der Waals surface area contributed by atoms with Crippen molar-refractivity contribution in [3.05, 3.63) is 0 Å². The van der Waals surface area contributed by atoms with E-state index < -0.39 is 24.0 Å². The lowest BCUT2D eigenvalue weighted by atomic mass is 10.0. The molecule has 0 aromatic heterocycles. The molecule has 0 aromatic rings. The van der Waals surface area contributed by atoms with Gasteiger partial charge in [0.15, 0.2) is 0 Å². The van der Waals surface area contributed by atoms with Gasteiger partial charge in [0, 0.05) is 6.92 Å². The van der Waals surface area contributed by atoms with E-state index in [4.69, 9.17) is 5.11 Å². The molecular formula is C12H22N2O4. The molecule has 2 atom stereocenters. The van der Waals surface area contributed by atoms with Gasteiger partial charge in [-0.1, -0.05) is 27.7 Å². The predicted octanol–water partition coefficient (Wildman–Crippen LogP) is 0.372. The van der Waals surface area contributed by atoms with E-state index in [2.05, 4.69) is 10.6 Å². The second-order valence-electron chi connectivity index (χ2n) is 4.99. The Balaban J connectivity index is 4.77. The van der Waals surface area contributed by atoms with Crippen LogP contribution in [0.5, 0.6) is 0 Å². The lowest BCUT2D eigenvalue weighted by Crippen LogP contribution is -2.54. The molecule has 0 rings (SSSR count). The summed E-state index contributed by atoms with van der Waals surface area (Å²) in [6.45, 7) is 8.31. The molecule has 104 valence electrons. The van der Waals surface area contributed by atoms with Gasteiger partial charge in [0.25, 0.3) is 0 Å². The van der Waals surface area contributed by atoms with Gasteiger partial charge in [0.2, 0.25) is 11.8 Å². The fraction of sp³-hybridized carbons (Fsp3) is 0.750. The van der Waals surface area contributed by atoms with Gasteiger partial charge in [-0.2, -0.15) is 0 Å². The van der Waals surface area contributed by atoms with Crippen molar-refractivity contribution < 1.29 is 19.5 Å². The second kappa shape index (κ2) is 6.98. The van der Waals surface area contributed by atoms with Gasteiger partial charge in [-0.15, -0.1) is 0 Å². The Labute approximate surface area is 107 Å². The summed E-state index contributed by atoms with van der Waals surface area (Å²) in [5.74, 6) is -2.21. The number of hydrogen-bond acceptors (Lipinski definition) is 3. The normalized spacial score (nSPS) is 14.2. The fourth-order valence-corrected chi connectivity index (χ4v) is 1.51. The van der Waals surface area contributed by atoms with E-state index in [1.54, 1.807) is 27.7 Å². The highest BCUT2D eigenvalue weighted by atomic mass is 16.4. The van der Waals surface area contributed by atoms with Gasteiger partial charge in [-0.3, -0.25) is 9.59 Å². The molecule has 0 fully saturated rings. The minimum Gasteiger partial charge on any atom is -0.480 e. The summed E-state index contributed by atoms with van der Waals surface area (Å²) in [6, 6.07) is -1.67. The smallest absolute Gasteiger partial charge is 0.326 e. The first-order chi connectivity index (χ1) is 8.16. The molecule has 6 nitrogen and oxygen atoms in total. The largest absolute Gasteiger partial charge is 0.480 e. The third-order valence-electron chi connectivity index (χ3n) is 2.54. The lowest BCUT2D eigenvalue weighted by Gasteiger charge is -2.24. The maximum atomic E-state index is 12.0. The molecular weight excluding hydrogens is 236 g/mol. The van der Waals surface area contributed by atoms with Gasteiger partial charge in [0.1, 0.15) is 12.1 Å². The van der Waals surface area contributed by atoms with Crippen molar-refractivity contribution in [3.8, 4) is 0 Å². The predicted molar refractivity (Wildman–Crippen MR) is 66.8 cm³/mol. The monoisotopic (exact) mass is 258 g/mol. The van der Waals surface area contributed by atoms with Gasteiger partial charge in [-0.05, 0) is 11.8 Å².